The Kier molecular flexibility index (Phi) is 5.78. The minimum atomic E-state index is 0.619. The fourth-order valence-electron chi connectivity index (χ4n) is 6.32. The number of nitrogens with zero attached hydrogens (tertiary/aromatic N) is 3. The molecular weight excluding hydrogens is 550 g/mol. The minimum absolute atomic E-state index is 0.619. The van der Waals surface area contributed by atoms with Crippen molar-refractivity contribution >= 4 is 21.5 Å². The highest BCUT2D eigenvalue weighted by Gasteiger charge is 2.23. The van der Waals surface area contributed by atoms with E-state index in [1.54, 1.807) is 0 Å². The SMILES string of the molecule is c1ccc(-c2nc(-c3ccccc3)nc(-c3ccc4c(c3)-c3cccc5c(-c6ccc7ccccc7c6)ccc(c35)O4)n2)cc1. The summed E-state index contributed by atoms with van der Waals surface area (Å²) in [5.41, 5.74) is 7.31. The van der Waals surface area contributed by atoms with Crippen LogP contribution in [0.4, 0.5) is 0 Å². The van der Waals surface area contributed by atoms with Crippen LogP contribution < -0.4 is 4.74 Å². The van der Waals surface area contributed by atoms with Crippen molar-refractivity contribution in [3.05, 3.63) is 152 Å². The van der Waals surface area contributed by atoms with Gasteiger partial charge in [0.05, 0.1) is 0 Å². The van der Waals surface area contributed by atoms with Crippen molar-refractivity contribution in [2.24, 2.45) is 0 Å². The fourth-order valence-corrected chi connectivity index (χ4v) is 6.32. The number of hydrogen-bond donors (Lipinski definition) is 0. The standard InChI is InChI=1S/C41H25N3O/c1-3-11-27(12-4-1)39-42-40(28-13-5-2-6-14-28)44-41(43-39)31-20-22-36-35(25-31)34-17-9-16-33-32(21-23-37(45-36)38(33)34)30-19-18-26-10-7-8-15-29(26)24-30/h1-25H. The summed E-state index contributed by atoms with van der Waals surface area (Å²) in [6.45, 7) is 0. The largest absolute Gasteiger partial charge is 0.456 e. The maximum atomic E-state index is 6.53. The molecule has 0 radical (unpaired) electrons. The Balaban J connectivity index is 1.21. The first kappa shape index (κ1) is 25.4. The van der Waals surface area contributed by atoms with E-state index in [0.29, 0.717) is 17.5 Å². The topological polar surface area (TPSA) is 47.9 Å². The van der Waals surface area contributed by atoms with Crippen LogP contribution in [-0.4, -0.2) is 15.0 Å². The molecule has 0 bridgehead atoms. The maximum absolute atomic E-state index is 6.53. The van der Waals surface area contributed by atoms with E-state index in [1.807, 2.05) is 72.8 Å². The molecule has 9 rings (SSSR count). The fraction of sp³-hybridized carbons (Fsp3) is 0. The molecule has 4 heteroatoms. The summed E-state index contributed by atoms with van der Waals surface area (Å²) < 4.78 is 6.53. The molecule has 2 heterocycles. The predicted octanol–water partition coefficient (Wildman–Crippen LogP) is 10.6. The second-order valence-corrected chi connectivity index (χ2v) is 11.3. The Morgan fingerprint density at radius 3 is 1.71 bits per heavy atom. The lowest BCUT2D eigenvalue weighted by Gasteiger charge is -2.23. The predicted molar refractivity (Wildman–Crippen MR) is 182 cm³/mol. The quantitative estimate of drug-likeness (QED) is 0.209. The normalized spacial score (nSPS) is 11.7. The van der Waals surface area contributed by atoms with Crippen molar-refractivity contribution in [3.8, 4) is 67.9 Å². The molecule has 0 N–H and O–H groups in total. The van der Waals surface area contributed by atoms with Gasteiger partial charge in [-0.3, -0.25) is 0 Å². The van der Waals surface area contributed by atoms with E-state index in [4.69, 9.17) is 19.7 Å². The molecule has 0 saturated carbocycles. The van der Waals surface area contributed by atoms with Gasteiger partial charge >= 0.3 is 0 Å². The molecule has 0 atom stereocenters. The van der Waals surface area contributed by atoms with E-state index < -0.39 is 0 Å². The molecular formula is C41H25N3O. The van der Waals surface area contributed by atoms with Crippen LogP contribution in [0.3, 0.4) is 0 Å². The van der Waals surface area contributed by atoms with Crippen molar-refractivity contribution in [2.75, 3.05) is 0 Å². The summed E-state index contributed by atoms with van der Waals surface area (Å²) >= 11 is 0. The average molecular weight is 576 g/mol. The lowest BCUT2D eigenvalue weighted by molar-refractivity contribution is 0.487. The molecule has 210 valence electrons. The molecule has 1 aromatic heterocycles. The summed E-state index contributed by atoms with van der Waals surface area (Å²) in [4.78, 5) is 14.8. The maximum Gasteiger partial charge on any atom is 0.164 e. The molecule has 0 spiro atoms. The van der Waals surface area contributed by atoms with Crippen molar-refractivity contribution in [1.29, 1.82) is 0 Å². The van der Waals surface area contributed by atoms with Gasteiger partial charge in [0.15, 0.2) is 17.5 Å². The highest BCUT2D eigenvalue weighted by atomic mass is 16.5. The molecule has 45 heavy (non-hydrogen) atoms. The molecule has 1 aliphatic rings. The van der Waals surface area contributed by atoms with Crippen molar-refractivity contribution in [1.82, 2.24) is 15.0 Å². The van der Waals surface area contributed by atoms with Crippen LogP contribution in [0.2, 0.25) is 0 Å². The lowest BCUT2D eigenvalue weighted by Crippen LogP contribution is -2.01. The third-order valence-corrected chi connectivity index (χ3v) is 8.51. The molecule has 0 amide bonds. The van der Waals surface area contributed by atoms with Gasteiger partial charge in [-0.15, -0.1) is 0 Å². The van der Waals surface area contributed by atoms with Crippen LogP contribution in [0.5, 0.6) is 11.5 Å². The first-order valence-electron chi connectivity index (χ1n) is 15.0. The van der Waals surface area contributed by atoms with Crippen LogP contribution in [0, 0.1) is 0 Å². The average Bonchev–Trinajstić information content (AvgIpc) is 3.12. The molecule has 1 aliphatic heterocycles. The lowest BCUT2D eigenvalue weighted by atomic mass is 9.89. The van der Waals surface area contributed by atoms with E-state index in [9.17, 15) is 0 Å². The van der Waals surface area contributed by atoms with Crippen LogP contribution >= 0.6 is 0 Å². The van der Waals surface area contributed by atoms with Crippen molar-refractivity contribution < 1.29 is 4.74 Å². The summed E-state index contributed by atoms with van der Waals surface area (Å²) in [7, 11) is 0. The zero-order valence-corrected chi connectivity index (χ0v) is 24.2. The van der Waals surface area contributed by atoms with Gasteiger partial charge < -0.3 is 4.74 Å². The Labute approximate surface area is 260 Å². The Morgan fingerprint density at radius 1 is 0.356 bits per heavy atom. The van der Waals surface area contributed by atoms with Gasteiger partial charge in [0.1, 0.15) is 11.5 Å². The monoisotopic (exact) mass is 575 g/mol. The van der Waals surface area contributed by atoms with Crippen LogP contribution in [0.15, 0.2) is 152 Å². The third kappa shape index (κ3) is 4.35. The zero-order chi connectivity index (χ0) is 29.7. The van der Waals surface area contributed by atoms with Gasteiger partial charge in [0.25, 0.3) is 0 Å². The molecule has 4 nitrogen and oxygen atoms in total. The number of ether oxygens (including phenoxy) is 1. The van der Waals surface area contributed by atoms with E-state index in [1.165, 1.54) is 21.9 Å². The van der Waals surface area contributed by atoms with Crippen LogP contribution in [0.1, 0.15) is 0 Å². The van der Waals surface area contributed by atoms with E-state index in [2.05, 4.69) is 78.9 Å². The Bertz CT molecular complexity index is 2340. The molecule has 0 saturated heterocycles. The van der Waals surface area contributed by atoms with Crippen LogP contribution in [-0.2, 0) is 0 Å². The molecule has 7 aromatic carbocycles. The van der Waals surface area contributed by atoms with Crippen molar-refractivity contribution in [3.63, 3.8) is 0 Å². The first-order valence-corrected chi connectivity index (χ1v) is 15.0. The van der Waals surface area contributed by atoms with E-state index >= 15 is 0 Å². The van der Waals surface area contributed by atoms with Gasteiger partial charge in [0, 0.05) is 27.6 Å². The number of benzene rings is 7. The third-order valence-electron chi connectivity index (χ3n) is 8.51. The number of rotatable bonds is 4. The van der Waals surface area contributed by atoms with Crippen molar-refractivity contribution in [2.45, 2.75) is 0 Å². The highest BCUT2D eigenvalue weighted by molar-refractivity contribution is 6.10. The van der Waals surface area contributed by atoms with E-state index in [0.717, 1.165) is 50.1 Å². The highest BCUT2D eigenvalue weighted by Crippen LogP contribution is 2.49. The molecule has 8 aromatic rings. The van der Waals surface area contributed by atoms with Crippen LogP contribution in [0.25, 0.3) is 78.0 Å². The summed E-state index contributed by atoms with van der Waals surface area (Å²) in [6.07, 6.45) is 0. The van der Waals surface area contributed by atoms with Gasteiger partial charge in [0.2, 0.25) is 0 Å². The second kappa shape index (κ2) is 10.2. The summed E-state index contributed by atoms with van der Waals surface area (Å²) in [5, 5.41) is 4.73. The first-order chi connectivity index (χ1) is 22.3. The summed E-state index contributed by atoms with van der Waals surface area (Å²) in [5.74, 6) is 3.58. The molecule has 0 aliphatic carbocycles. The van der Waals surface area contributed by atoms with Gasteiger partial charge in [-0.05, 0) is 63.2 Å². The second-order valence-electron chi connectivity index (χ2n) is 11.3. The Morgan fingerprint density at radius 2 is 0.978 bits per heavy atom. The number of aromatic nitrogens is 3. The number of hydrogen-bond acceptors (Lipinski definition) is 4. The number of fused-ring (bicyclic) bond motifs is 3. The molecule has 0 fully saturated rings. The van der Waals surface area contributed by atoms with Gasteiger partial charge in [-0.2, -0.15) is 0 Å². The molecule has 0 unspecified atom stereocenters. The van der Waals surface area contributed by atoms with E-state index in [-0.39, 0.29) is 0 Å². The minimum Gasteiger partial charge on any atom is -0.456 e. The Hall–Kier alpha value is -6.13. The van der Waals surface area contributed by atoms with Gasteiger partial charge in [-0.1, -0.05) is 121 Å². The zero-order valence-electron chi connectivity index (χ0n) is 24.2. The smallest absolute Gasteiger partial charge is 0.164 e. The summed E-state index contributed by atoms with van der Waals surface area (Å²) in [6, 6.07) is 52.2. The van der Waals surface area contributed by atoms with Gasteiger partial charge in [-0.25, -0.2) is 15.0 Å².